The average molecular weight is 465 g/mol. The molecule has 3 aromatic carbocycles. The predicted octanol–water partition coefficient (Wildman–Crippen LogP) is 7.17. The van der Waals surface area contributed by atoms with Crippen LogP contribution in [0, 0.1) is 47.0 Å². The Morgan fingerprint density at radius 3 is 1.74 bits per heavy atom. The number of benzene rings is 3. The van der Waals surface area contributed by atoms with Crippen molar-refractivity contribution in [2.75, 3.05) is 6.61 Å². The Morgan fingerprint density at radius 2 is 1.18 bits per heavy atom. The van der Waals surface area contributed by atoms with Gasteiger partial charge in [-0.25, -0.2) is 17.6 Å². The Balaban J connectivity index is 1.79. The number of hydrogen-bond acceptors (Lipinski definition) is 1. The standard InChI is InChI=1S/C29H24F4O/c1-3-5-15-34-29-27(32)18-23(19-28(29)33)13-14-24-25(30)16-22(17-26(24)31)12-11-21-9-7-20(6-4-2)8-10-21/h7-10,16-19H,3-6,15H2,1-2H3. The van der Waals surface area contributed by atoms with Crippen molar-refractivity contribution >= 4 is 0 Å². The van der Waals surface area contributed by atoms with Crippen molar-refractivity contribution in [1.82, 2.24) is 0 Å². The van der Waals surface area contributed by atoms with Crippen LogP contribution in [0.3, 0.4) is 0 Å². The van der Waals surface area contributed by atoms with E-state index >= 15 is 0 Å². The largest absolute Gasteiger partial charge is 0.488 e. The molecule has 174 valence electrons. The monoisotopic (exact) mass is 464 g/mol. The van der Waals surface area contributed by atoms with Crippen LogP contribution in [0.15, 0.2) is 48.5 Å². The minimum absolute atomic E-state index is 0.0629. The lowest BCUT2D eigenvalue weighted by atomic mass is 10.1. The minimum Gasteiger partial charge on any atom is -0.488 e. The zero-order chi connectivity index (χ0) is 24.5. The molecule has 0 fully saturated rings. The summed E-state index contributed by atoms with van der Waals surface area (Å²) >= 11 is 0. The molecular weight excluding hydrogens is 440 g/mol. The molecule has 0 N–H and O–H groups in total. The van der Waals surface area contributed by atoms with Gasteiger partial charge in [-0.3, -0.25) is 0 Å². The molecule has 0 aliphatic carbocycles. The number of hydrogen-bond donors (Lipinski definition) is 0. The van der Waals surface area contributed by atoms with Gasteiger partial charge in [-0.2, -0.15) is 0 Å². The van der Waals surface area contributed by atoms with Crippen molar-refractivity contribution < 1.29 is 22.3 Å². The van der Waals surface area contributed by atoms with Crippen LogP contribution in [-0.4, -0.2) is 6.61 Å². The van der Waals surface area contributed by atoms with E-state index in [1.807, 2.05) is 31.2 Å². The van der Waals surface area contributed by atoms with Gasteiger partial charge in [0.25, 0.3) is 0 Å². The van der Waals surface area contributed by atoms with Crippen molar-refractivity contribution in [3.63, 3.8) is 0 Å². The second kappa shape index (κ2) is 12.0. The first-order chi connectivity index (χ1) is 16.4. The fraction of sp³-hybridized carbons (Fsp3) is 0.241. The van der Waals surface area contributed by atoms with Crippen molar-refractivity contribution in [3.05, 3.63) is 99.6 Å². The van der Waals surface area contributed by atoms with E-state index in [9.17, 15) is 17.6 Å². The van der Waals surface area contributed by atoms with E-state index in [0.717, 1.165) is 49.1 Å². The first kappa shape index (κ1) is 24.9. The van der Waals surface area contributed by atoms with Crippen molar-refractivity contribution in [2.45, 2.75) is 39.5 Å². The quantitative estimate of drug-likeness (QED) is 0.213. The predicted molar refractivity (Wildman–Crippen MR) is 126 cm³/mol. The summed E-state index contributed by atoms with van der Waals surface area (Å²) in [4.78, 5) is 0. The normalized spacial score (nSPS) is 10.2. The van der Waals surface area contributed by atoms with Crippen LogP contribution in [0.5, 0.6) is 5.75 Å². The Bertz CT molecular complexity index is 1230. The number of aryl methyl sites for hydroxylation is 1. The summed E-state index contributed by atoms with van der Waals surface area (Å²) in [6.45, 7) is 4.21. The smallest absolute Gasteiger partial charge is 0.190 e. The van der Waals surface area contributed by atoms with Gasteiger partial charge in [-0.1, -0.05) is 62.5 Å². The maximum absolute atomic E-state index is 14.5. The van der Waals surface area contributed by atoms with Crippen LogP contribution in [0.4, 0.5) is 17.6 Å². The lowest BCUT2D eigenvalue weighted by Gasteiger charge is -2.08. The molecule has 0 saturated heterocycles. The molecule has 3 rings (SSSR count). The van der Waals surface area contributed by atoms with Crippen molar-refractivity contribution in [1.29, 1.82) is 0 Å². The maximum Gasteiger partial charge on any atom is 0.190 e. The van der Waals surface area contributed by atoms with Gasteiger partial charge in [-0.05, 0) is 54.8 Å². The molecule has 0 atom stereocenters. The van der Waals surface area contributed by atoms with Gasteiger partial charge in [0.2, 0.25) is 0 Å². The van der Waals surface area contributed by atoms with Crippen LogP contribution in [0.25, 0.3) is 0 Å². The zero-order valence-corrected chi connectivity index (χ0v) is 19.1. The molecule has 0 heterocycles. The first-order valence-corrected chi connectivity index (χ1v) is 11.1. The highest BCUT2D eigenvalue weighted by atomic mass is 19.1. The van der Waals surface area contributed by atoms with E-state index in [2.05, 4.69) is 30.6 Å². The van der Waals surface area contributed by atoms with Gasteiger partial charge >= 0.3 is 0 Å². The summed E-state index contributed by atoms with van der Waals surface area (Å²) in [6.07, 6.45) is 3.50. The number of unbranched alkanes of at least 4 members (excludes halogenated alkanes) is 1. The minimum atomic E-state index is -0.922. The van der Waals surface area contributed by atoms with Gasteiger partial charge in [0, 0.05) is 16.7 Å². The zero-order valence-electron chi connectivity index (χ0n) is 19.1. The highest BCUT2D eigenvalue weighted by molar-refractivity contribution is 5.50. The molecular formula is C29H24F4O. The van der Waals surface area contributed by atoms with E-state index in [4.69, 9.17) is 4.74 Å². The summed E-state index contributed by atoms with van der Waals surface area (Å²) in [5, 5.41) is 0. The van der Waals surface area contributed by atoms with E-state index in [-0.39, 0.29) is 17.7 Å². The third kappa shape index (κ3) is 6.65. The summed E-state index contributed by atoms with van der Waals surface area (Å²) in [7, 11) is 0. The fourth-order valence-corrected chi connectivity index (χ4v) is 3.18. The van der Waals surface area contributed by atoms with E-state index < -0.39 is 34.6 Å². The number of rotatable bonds is 6. The van der Waals surface area contributed by atoms with Crippen molar-refractivity contribution in [2.24, 2.45) is 0 Å². The Morgan fingerprint density at radius 1 is 0.647 bits per heavy atom. The summed E-state index contributed by atoms with van der Waals surface area (Å²) in [5.74, 6) is 6.22. The van der Waals surface area contributed by atoms with Crippen LogP contribution in [0.2, 0.25) is 0 Å². The van der Waals surface area contributed by atoms with Gasteiger partial charge in [-0.15, -0.1) is 0 Å². The molecule has 0 unspecified atom stereocenters. The summed E-state index contributed by atoms with van der Waals surface area (Å²) in [5.41, 5.74) is 1.52. The molecule has 0 amide bonds. The molecule has 5 heteroatoms. The SMILES string of the molecule is CCCCOc1c(F)cc(C#Cc2c(F)cc(C#Cc3ccc(CCC)cc3)cc2F)cc1F. The number of halogens is 4. The molecule has 0 aliphatic heterocycles. The molecule has 0 aromatic heterocycles. The molecule has 3 aromatic rings. The van der Waals surface area contributed by atoms with E-state index in [1.165, 1.54) is 5.56 Å². The van der Waals surface area contributed by atoms with E-state index in [0.29, 0.717) is 6.42 Å². The Hall–Kier alpha value is -3.70. The van der Waals surface area contributed by atoms with E-state index in [1.54, 1.807) is 0 Å². The lowest BCUT2D eigenvalue weighted by molar-refractivity contribution is 0.278. The van der Waals surface area contributed by atoms with Gasteiger partial charge in [0.05, 0.1) is 12.2 Å². The summed E-state index contributed by atoms with van der Waals surface area (Å²) < 4.78 is 62.4. The third-order valence-electron chi connectivity index (χ3n) is 4.96. The second-order valence-corrected chi connectivity index (χ2v) is 7.73. The molecule has 0 aliphatic rings. The second-order valence-electron chi connectivity index (χ2n) is 7.73. The molecule has 0 saturated carbocycles. The van der Waals surface area contributed by atoms with Crippen LogP contribution < -0.4 is 4.74 Å². The summed E-state index contributed by atoms with van der Waals surface area (Å²) in [6, 6.07) is 11.8. The van der Waals surface area contributed by atoms with Crippen LogP contribution in [0.1, 0.15) is 60.9 Å². The molecule has 0 radical (unpaired) electrons. The topological polar surface area (TPSA) is 9.23 Å². The molecule has 34 heavy (non-hydrogen) atoms. The van der Waals surface area contributed by atoms with Gasteiger partial charge in [0.1, 0.15) is 11.6 Å². The van der Waals surface area contributed by atoms with Gasteiger partial charge in [0.15, 0.2) is 17.4 Å². The number of ether oxygens (including phenoxy) is 1. The van der Waals surface area contributed by atoms with Crippen LogP contribution >= 0.6 is 0 Å². The Labute approximate surface area is 197 Å². The van der Waals surface area contributed by atoms with Crippen molar-refractivity contribution in [3.8, 4) is 29.4 Å². The highest BCUT2D eigenvalue weighted by Gasteiger charge is 2.13. The first-order valence-electron chi connectivity index (χ1n) is 11.1. The fourth-order valence-electron chi connectivity index (χ4n) is 3.18. The molecule has 0 spiro atoms. The molecule has 1 nitrogen and oxygen atoms in total. The Kier molecular flexibility index (Phi) is 8.77. The lowest BCUT2D eigenvalue weighted by Crippen LogP contribution is -2.01. The third-order valence-corrected chi connectivity index (χ3v) is 4.96. The highest BCUT2D eigenvalue weighted by Crippen LogP contribution is 2.23. The molecule has 0 bridgehead atoms. The van der Waals surface area contributed by atoms with Gasteiger partial charge < -0.3 is 4.74 Å². The maximum atomic E-state index is 14.5. The average Bonchev–Trinajstić information content (AvgIpc) is 2.80. The van der Waals surface area contributed by atoms with Crippen LogP contribution in [-0.2, 0) is 6.42 Å².